The van der Waals surface area contributed by atoms with Gasteiger partial charge in [-0.25, -0.2) is 4.79 Å². The van der Waals surface area contributed by atoms with Crippen LogP contribution >= 0.6 is 0 Å². The van der Waals surface area contributed by atoms with Gasteiger partial charge in [-0.1, -0.05) is 12.1 Å². The van der Waals surface area contributed by atoms with Crippen LogP contribution in [0.15, 0.2) is 29.1 Å². The highest BCUT2D eigenvalue weighted by Gasteiger charge is 2.24. The van der Waals surface area contributed by atoms with Crippen molar-refractivity contribution < 1.29 is 23.9 Å². The van der Waals surface area contributed by atoms with Gasteiger partial charge in [-0.05, 0) is 63.3 Å². The van der Waals surface area contributed by atoms with Crippen molar-refractivity contribution in [1.29, 1.82) is 0 Å². The monoisotopic (exact) mass is 497 g/mol. The number of hydrogen-bond acceptors (Lipinski definition) is 8. The number of aromatic amines is 2. The Kier molecular flexibility index (Phi) is 8.82. The number of benzene rings is 1. The summed E-state index contributed by atoms with van der Waals surface area (Å²) in [5.41, 5.74) is 8.82. The number of anilines is 1. The second-order valence-corrected chi connectivity index (χ2v) is 8.22. The quantitative estimate of drug-likeness (QED) is 0.291. The van der Waals surface area contributed by atoms with E-state index in [1.807, 2.05) is 19.1 Å². The van der Waals surface area contributed by atoms with Gasteiger partial charge in [0.05, 0.1) is 18.6 Å². The minimum atomic E-state index is -0.966. The molecule has 0 fully saturated rings. The molecule has 3 rings (SSSR count). The van der Waals surface area contributed by atoms with Gasteiger partial charge in [0.15, 0.2) is 0 Å². The number of aryl methyl sites for hydroxylation is 3. The fraction of sp³-hybridized carbons (Fsp3) is 0.400. The Balaban J connectivity index is 1.65. The maximum Gasteiger partial charge on any atom is 0.328 e. The van der Waals surface area contributed by atoms with E-state index in [0.717, 1.165) is 16.8 Å². The predicted octanol–water partition coefficient (Wildman–Crippen LogP) is 1.93. The van der Waals surface area contributed by atoms with Crippen molar-refractivity contribution in [3.63, 3.8) is 0 Å². The maximum absolute atomic E-state index is 12.8. The molecule has 1 amide bonds. The van der Waals surface area contributed by atoms with Crippen LogP contribution in [0.2, 0.25) is 0 Å². The SMILES string of the molecule is CCOC(=O)CC[C@H](NC(=O)c1ccc(CCc2c(C)[nH]c3nc(N)[nH]c(=O)c23)cc1)C(=O)OCC. The molecule has 2 aromatic heterocycles. The normalized spacial score (nSPS) is 11.8. The van der Waals surface area contributed by atoms with Crippen molar-refractivity contribution in [2.75, 3.05) is 18.9 Å². The molecule has 0 aliphatic carbocycles. The van der Waals surface area contributed by atoms with Crippen molar-refractivity contribution in [3.8, 4) is 0 Å². The third-order valence-electron chi connectivity index (χ3n) is 5.70. The van der Waals surface area contributed by atoms with Crippen molar-refractivity contribution in [2.24, 2.45) is 0 Å². The molecule has 36 heavy (non-hydrogen) atoms. The lowest BCUT2D eigenvalue weighted by Gasteiger charge is -2.17. The van der Waals surface area contributed by atoms with Gasteiger partial charge in [-0.15, -0.1) is 0 Å². The van der Waals surface area contributed by atoms with Crippen molar-refractivity contribution in [1.82, 2.24) is 20.3 Å². The summed E-state index contributed by atoms with van der Waals surface area (Å²) in [5, 5.41) is 3.14. The number of nitrogen functional groups attached to an aromatic ring is 1. The number of carbonyl (C=O) groups is 3. The van der Waals surface area contributed by atoms with Gasteiger partial charge in [0.2, 0.25) is 5.95 Å². The van der Waals surface area contributed by atoms with Crippen LogP contribution in [0.3, 0.4) is 0 Å². The molecule has 0 aliphatic heterocycles. The summed E-state index contributed by atoms with van der Waals surface area (Å²) in [6.07, 6.45) is 1.27. The fourth-order valence-electron chi connectivity index (χ4n) is 3.93. The highest BCUT2D eigenvalue weighted by atomic mass is 16.5. The second-order valence-electron chi connectivity index (χ2n) is 8.22. The summed E-state index contributed by atoms with van der Waals surface area (Å²) in [7, 11) is 0. The number of aromatic nitrogens is 3. The molecular weight excluding hydrogens is 466 g/mol. The minimum absolute atomic E-state index is 0.0191. The summed E-state index contributed by atoms with van der Waals surface area (Å²) in [5.74, 6) is -1.45. The largest absolute Gasteiger partial charge is 0.466 e. The number of carbonyl (C=O) groups excluding carboxylic acids is 3. The Bertz CT molecular complexity index is 1290. The number of nitrogens with zero attached hydrogens (tertiary/aromatic N) is 1. The summed E-state index contributed by atoms with van der Waals surface area (Å²) in [6, 6.07) is 5.99. The zero-order chi connectivity index (χ0) is 26.2. The van der Waals surface area contributed by atoms with Crippen molar-refractivity contribution in [3.05, 3.63) is 57.0 Å². The predicted molar refractivity (Wildman–Crippen MR) is 133 cm³/mol. The van der Waals surface area contributed by atoms with Gasteiger partial charge >= 0.3 is 11.9 Å². The summed E-state index contributed by atoms with van der Waals surface area (Å²) in [6.45, 7) is 5.64. The van der Waals surface area contributed by atoms with Gasteiger partial charge in [-0.2, -0.15) is 4.98 Å². The average molecular weight is 498 g/mol. The Hall–Kier alpha value is -4.15. The number of nitrogens with one attached hydrogen (secondary N) is 3. The Morgan fingerprint density at radius 2 is 1.75 bits per heavy atom. The van der Waals surface area contributed by atoms with Crippen LogP contribution < -0.4 is 16.6 Å². The van der Waals surface area contributed by atoms with E-state index in [1.165, 1.54) is 0 Å². The number of nitrogens with two attached hydrogens (primary N) is 1. The lowest BCUT2D eigenvalue weighted by atomic mass is 10.0. The van der Waals surface area contributed by atoms with Crippen molar-refractivity contribution >= 4 is 34.8 Å². The molecule has 5 N–H and O–H groups in total. The van der Waals surface area contributed by atoms with Crippen LogP contribution in [0.4, 0.5) is 5.95 Å². The van der Waals surface area contributed by atoms with Gasteiger partial charge in [0.1, 0.15) is 11.7 Å². The van der Waals surface area contributed by atoms with E-state index in [0.29, 0.717) is 29.4 Å². The molecule has 0 radical (unpaired) electrons. The van der Waals surface area contributed by atoms with E-state index in [4.69, 9.17) is 15.2 Å². The van der Waals surface area contributed by atoms with Gasteiger partial charge in [0, 0.05) is 17.7 Å². The molecule has 0 spiro atoms. The topological polar surface area (TPSA) is 169 Å². The van der Waals surface area contributed by atoms with Crippen LogP contribution in [0.25, 0.3) is 11.0 Å². The first kappa shape index (κ1) is 26.5. The number of esters is 2. The molecule has 0 aliphatic rings. The lowest BCUT2D eigenvalue weighted by molar-refractivity contribution is -0.146. The van der Waals surface area contributed by atoms with E-state index >= 15 is 0 Å². The lowest BCUT2D eigenvalue weighted by Crippen LogP contribution is -2.42. The summed E-state index contributed by atoms with van der Waals surface area (Å²) >= 11 is 0. The van der Waals surface area contributed by atoms with Crippen LogP contribution in [0.1, 0.15) is 53.9 Å². The molecule has 11 heteroatoms. The molecule has 2 heterocycles. The van der Waals surface area contributed by atoms with Gasteiger partial charge in [0.25, 0.3) is 11.5 Å². The molecule has 0 saturated heterocycles. The molecule has 0 saturated carbocycles. The molecule has 1 aromatic carbocycles. The van der Waals surface area contributed by atoms with Crippen LogP contribution in [0.5, 0.6) is 0 Å². The van der Waals surface area contributed by atoms with E-state index in [-0.39, 0.29) is 37.6 Å². The number of fused-ring (bicyclic) bond motifs is 1. The zero-order valence-corrected chi connectivity index (χ0v) is 20.6. The van der Waals surface area contributed by atoms with Crippen LogP contribution in [-0.4, -0.2) is 52.1 Å². The number of H-pyrrole nitrogens is 2. The first-order valence-electron chi connectivity index (χ1n) is 11.8. The minimum Gasteiger partial charge on any atom is -0.466 e. The van der Waals surface area contributed by atoms with E-state index in [9.17, 15) is 19.2 Å². The van der Waals surface area contributed by atoms with Crippen LogP contribution in [-0.2, 0) is 31.9 Å². The summed E-state index contributed by atoms with van der Waals surface area (Å²) in [4.78, 5) is 58.8. The molecular formula is C25H31N5O6. The maximum atomic E-state index is 12.8. The van der Waals surface area contributed by atoms with Crippen LogP contribution in [0, 0.1) is 6.92 Å². The first-order valence-corrected chi connectivity index (χ1v) is 11.8. The Morgan fingerprint density at radius 3 is 2.42 bits per heavy atom. The second kappa shape index (κ2) is 12.0. The molecule has 3 aromatic rings. The molecule has 0 unspecified atom stereocenters. The molecule has 11 nitrogen and oxygen atoms in total. The van der Waals surface area contributed by atoms with Gasteiger partial charge < -0.3 is 25.5 Å². The van der Waals surface area contributed by atoms with Crippen molar-refractivity contribution in [2.45, 2.75) is 52.5 Å². The average Bonchev–Trinajstić information content (AvgIpc) is 3.15. The Morgan fingerprint density at radius 1 is 1.06 bits per heavy atom. The smallest absolute Gasteiger partial charge is 0.328 e. The highest BCUT2D eigenvalue weighted by molar-refractivity contribution is 5.97. The standard InChI is InChI=1S/C25H31N5O6/c1-4-35-19(31)13-12-18(24(34)36-5-2)28-22(32)16-9-6-15(7-10-16)8-11-17-14(3)27-21-20(17)23(33)30-25(26)29-21/h6-7,9-10,18H,4-5,8,11-13H2,1-3H3,(H,28,32)(H4,26,27,29,30,33)/t18-/m0/s1. The number of rotatable bonds is 11. The zero-order valence-electron chi connectivity index (χ0n) is 20.6. The third kappa shape index (κ3) is 6.49. The number of hydrogen-bond donors (Lipinski definition) is 4. The fourth-order valence-corrected chi connectivity index (χ4v) is 3.93. The van der Waals surface area contributed by atoms with E-state index in [2.05, 4.69) is 20.3 Å². The first-order chi connectivity index (χ1) is 17.2. The molecule has 0 bridgehead atoms. The number of amides is 1. The molecule has 192 valence electrons. The third-order valence-corrected chi connectivity index (χ3v) is 5.70. The Labute approximate surface area is 207 Å². The van der Waals surface area contributed by atoms with E-state index < -0.39 is 23.9 Å². The van der Waals surface area contributed by atoms with E-state index in [1.54, 1.807) is 26.0 Å². The van der Waals surface area contributed by atoms with Gasteiger partial charge in [-0.3, -0.25) is 19.4 Å². The highest BCUT2D eigenvalue weighted by Crippen LogP contribution is 2.20. The number of ether oxygens (including phenoxy) is 2. The molecule has 1 atom stereocenters. The summed E-state index contributed by atoms with van der Waals surface area (Å²) < 4.78 is 9.92.